The van der Waals surface area contributed by atoms with Crippen LogP contribution in [0.2, 0.25) is 0 Å². The summed E-state index contributed by atoms with van der Waals surface area (Å²) in [6.45, 7) is 4.01. The van der Waals surface area contributed by atoms with Gasteiger partial charge in [-0.05, 0) is 54.7 Å². The molecule has 1 heterocycles. The number of nitrogens with zero attached hydrogens (tertiary/aromatic N) is 1. The van der Waals surface area contributed by atoms with Crippen LogP contribution in [0.1, 0.15) is 24.0 Å². The summed E-state index contributed by atoms with van der Waals surface area (Å²) in [6, 6.07) is 17.1. The topological polar surface area (TPSA) is 45.8 Å². The van der Waals surface area contributed by atoms with Gasteiger partial charge in [0.15, 0.2) is 16.6 Å². The van der Waals surface area contributed by atoms with E-state index in [0.29, 0.717) is 6.04 Å². The number of piperidine rings is 1. The van der Waals surface area contributed by atoms with Crippen molar-refractivity contribution in [3.63, 3.8) is 0 Å². The molecule has 0 saturated carbocycles. The number of likely N-dealkylation sites (tertiary alicyclic amines) is 1. The smallest absolute Gasteiger partial charge is 0.166 e. The van der Waals surface area contributed by atoms with Crippen molar-refractivity contribution in [1.29, 1.82) is 0 Å². The number of benzene rings is 2. The average Bonchev–Trinajstić information content (AvgIpc) is 2.75. The number of rotatable bonds is 8. The quantitative estimate of drug-likeness (QED) is 0.647. The molecule has 0 aromatic heterocycles. The summed E-state index contributed by atoms with van der Waals surface area (Å²) < 4.78 is 10.6. The first-order valence-corrected chi connectivity index (χ1v) is 10.6. The average molecular weight is 414 g/mol. The maximum absolute atomic E-state index is 5.49. The lowest BCUT2D eigenvalue weighted by Gasteiger charge is -2.33. The van der Waals surface area contributed by atoms with E-state index in [-0.39, 0.29) is 0 Å². The molecule has 29 heavy (non-hydrogen) atoms. The molecule has 2 N–H and O–H groups in total. The van der Waals surface area contributed by atoms with Crippen LogP contribution in [0.4, 0.5) is 0 Å². The summed E-state index contributed by atoms with van der Waals surface area (Å²) in [4.78, 5) is 2.51. The molecule has 2 aromatic rings. The van der Waals surface area contributed by atoms with Crippen LogP contribution in [-0.4, -0.2) is 49.9 Å². The molecular formula is C23H31N3O2S. The zero-order valence-corrected chi connectivity index (χ0v) is 18.1. The Morgan fingerprint density at radius 2 is 1.72 bits per heavy atom. The number of hydrogen-bond acceptors (Lipinski definition) is 4. The predicted octanol–water partition coefficient (Wildman–Crippen LogP) is 3.38. The van der Waals surface area contributed by atoms with E-state index in [9.17, 15) is 0 Å². The zero-order valence-electron chi connectivity index (χ0n) is 17.3. The van der Waals surface area contributed by atoms with Crippen LogP contribution in [0, 0.1) is 0 Å². The van der Waals surface area contributed by atoms with E-state index in [2.05, 4.69) is 51.9 Å². The highest BCUT2D eigenvalue weighted by Gasteiger charge is 2.19. The van der Waals surface area contributed by atoms with Crippen molar-refractivity contribution in [2.24, 2.45) is 0 Å². The van der Waals surface area contributed by atoms with Gasteiger partial charge in [0.2, 0.25) is 0 Å². The largest absolute Gasteiger partial charge is 0.493 e. The molecule has 0 amide bonds. The van der Waals surface area contributed by atoms with Gasteiger partial charge in [0.05, 0.1) is 14.2 Å². The van der Waals surface area contributed by atoms with Crippen LogP contribution in [0.25, 0.3) is 0 Å². The monoisotopic (exact) mass is 413 g/mol. The van der Waals surface area contributed by atoms with Gasteiger partial charge in [-0.15, -0.1) is 0 Å². The fourth-order valence-electron chi connectivity index (χ4n) is 3.67. The fourth-order valence-corrected chi connectivity index (χ4v) is 3.94. The SMILES string of the molecule is COc1ccc(CCNC(=S)NC2CCN(Cc3ccccc3)CC2)cc1OC. The van der Waals surface area contributed by atoms with E-state index in [4.69, 9.17) is 21.7 Å². The van der Waals surface area contributed by atoms with Crippen molar-refractivity contribution in [3.8, 4) is 11.5 Å². The molecule has 0 spiro atoms. The Balaban J connectivity index is 1.35. The Hall–Kier alpha value is -2.31. The molecular weight excluding hydrogens is 382 g/mol. The second kappa shape index (κ2) is 11.0. The first kappa shape index (κ1) is 21.4. The Kier molecular flexibility index (Phi) is 8.14. The van der Waals surface area contributed by atoms with E-state index < -0.39 is 0 Å². The van der Waals surface area contributed by atoms with Crippen LogP contribution < -0.4 is 20.1 Å². The van der Waals surface area contributed by atoms with Crippen LogP contribution in [0.15, 0.2) is 48.5 Å². The molecule has 0 unspecified atom stereocenters. The molecule has 0 atom stereocenters. The molecule has 156 valence electrons. The maximum atomic E-state index is 5.49. The van der Waals surface area contributed by atoms with Crippen molar-refractivity contribution < 1.29 is 9.47 Å². The lowest BCUT2D eigenvalue weighted by atomic mass is 10.0. The molecule has 6 heteroatoms. The molecule has 0 aliphatic carbocycles. The Morgan fingerprint density at radius 1 is 1.00 bits per heavy atom. The molecule has 5 nitrogen and oxygen atoms in total. The summed E-state index contributed by atoms with van der Waals surface area (Å²) in [7, 11) is 3.30. The van der Waals surface area contributed by atoms with E-state index >= 15 is 0 Å². The van der Waals surface area contributed by atoms with E-state index in [1.807, 2.05) is 12.1 Å². The summed E-state index contributed by atoms with van der Waals surface area (Å²) in [5.41, 5.74) is 2.57. The van der Waals surface area contributed by atoms with Gasteiger partial charge < -0.3 is 20.1 Å². The van der Waals surface area contributed by atoms with Gasteiger partial charge in [-0.2, -0.15) is 0 Å². The van der Waals surface area contributed by atoms with Gasteiger partial charge in [0.25, 0.3) is 0 Å². The Labute approximate surface area is 179 Å². The van der Waals surface area contributed by atoms with Gasteiger partial charge in [-0.25, -0.2) is 0 Å². The van der Waals surface area contributed by atoms with E-state index in [1.54, 1.807) is 14.2 Å². The molecule has 0 radical (unpaired) electrons. The highest BCUT2D eigenvalue weighted by Crippen LogP contribution is 2.27. The number of ether oxygens (including phenoxy) is 2. The first-order valence-electron chi connectivity index (χ1n) is 10.2. The fraction of sp³-hybridized carbons (Fsp3) is 0.435. The van der Waals surface area contributed by atoms with Gasteiger partial charge in [-0.1, -0.05) is 36.4 Å². The molecule has 0 bridgehead atoms. The van der Waals surface area contributed by atoms with Crippen LogP contribution in [-0.2, 0) is 13.0 Å². The van der Waals surface area contributed by atoms with Crippen molar-refractivity contribution in [1.82, 2.24) is 15.5 Å². The van der Waals surface area contributed by atoms with Crippen LogP contribution in [0.5, 0.6) is 11.5 Å². The minimum atomic E-state index is 0.447. The summed E-state index contributed by atoms with van der Waals surface area (Å²) in [5.74, 6) is 1.51. The third kappa shape index (κ3) is 6.61. The number of nitrogens with one attached hydrogen (secondary N) is 2. The second-order valence-corrected chi connectivity index (χ2v) is 7.78. The van der Waals surface area contributed by atoms with Crippen LogP contribution in [0.3, 0.4) is 0 Å². The van der Waals surface area contributed by atoms with Crippen molar-refractivity contribution >= 4 is 17.3 Å². The van der Waals surface area contributed by atoms with Crippen molar-refractivity contribution in [2.75, 3.05) is 33.9 Å². The van der Waals surface area contributed by atoms with E-state index in [0.717, 1.165) is 62.1 Å². The van der Waals surface area contributed by atoms with Crippen molar-refractivity contribution in [3.05, 3.63) is 59.7 Å². The molecule has 1 aliphatic heterocycles. The zero-order chi connectivity index (χ0) is 20.5. The Morgan fingerprint density at radius 3 is 2.41 bits per heavy atom. The number of methoxy groups -OCH3 is 2. The van der Waals surface area contributed by atoms with Gasteiger partial charge in [0, 0.05) is 32.2 Å². The standard InChI is InChI=1S/C23H31N3O2S/c1-27-21-9-8-18(16-22(21)28-2)10-13-24-23(29)25-20-11-14-26(15-12-20)17-19-6-4-3-5-7-19/h3-9,16,20H,10-15,17H2,1-2H3,(H2,24,25,29). The minimum absolute atomic E-state index is 0.447. The minimum Gasteiger partial charge on any atom is -0.493 e. The van der Waals surface area contributed by atoms with Gasteiger partial charge in [-0.3, -0.25) is 4.90 Å². The van der Waals surface area contributed by atoms with Crippen LogP contribution >= 0.6 is 12.2 Å². The number of thiocarbonyl (C=S) groups is 1. The third-order valence-corrected chi connectivity index (χ3v) is 5.58. The second-order valence-electron chi connectivity index (χ2n) is 7.38. The van der Waals surface area contributed by atoms with Gasteiger partial charge in [0.1, 0.15) is 0 Å². The molecule has 1 saturated heterocycles. The van der Waals surface area contributed by atoms with Gasteiger partial charge >= 0.3 is 0 Å². The normalized spacial score (nSPS) is 15.0. The molecule has 1 fully saturated rings. The summed E-state index contributed by atoms with van der Waals surface area (Å²) in [5, 5.41) is 7.55. The first-order chi connectivity index (χ1) is 14.2. The van der Waals surface area contributed by atoms with E-state index in [1.165, 1.54) is 11.1 Å². The number of hydrogen-bond donors (Lipinski definition) is 2. The summed E-state index contributed by atoms with van der Waals surface area (Å²) in [6.07, 6.45) is 3.10. The predicted molar refractivity (Wildman–Crippen MR) is 122 cm³/mol. The third-order valence-electron chi connectivity index (χ3n) is 5.32. The molecule has 3 rings (SSSR count). The highest BCUT2D eigenvalue weighted by atomic mass is 32.1. The summed E-state index contributed by atoms with van der Waals surface area (Å²) >= 11 is 5.49. The molecule has 2 aromatic carbocycles. The highest BCUT2D eigenvalue weighted by molar-refractivity contribution is 7.80. The maximum Gasteiger partial charge on any atom is 0.166 e. The molecule has 1 aliphatic rings. The van der Waals surface area contributed by atoms with Crippen molar-refractivity contribution in [2.45, 2.75) is 31.8 Å². The Bertz CT molecular complexity index is 777. The lowest BCUT2D eigenvalue weighted by Crippen LogP contribution is -2.47. The lowest BCUT2D eigenvalue weighted by molar-refractivity contribution is 0.199.